The van der Waals surface area contributed by atoms with E-state index in [4.69, 9.17) is 14.8 Å². The number of esters is 1. The van der Waals surface area contributed by atoms with Gasteiger partial charge in [-0.05, 0) is 54.5 Å². The molecule has 0 aliphatic carbocycles. The van der Waals surface area contributed by atoms with Crippen molar-refractivity contribution in [2.75, 3.05) is 0 Å². The molecule has 0 amide bonds. The number of aliphatic hydroxyl groups excluding tert-OH is 1. The zero-order chi connectivity index (χ0) is 24.5. The zero-order valence-corrected chi connectivity index (χ0v) is 19.6. The number of nitrogens with zero attached hydrogens (tertiary/aromatic N) is 3. The third-order valence-electron chi connectivity index (χ3n) is 6.08. The fourth-order valence-corrected chi connectivity index (χ4v) is 4.39. The Labute approximate surface area is 202 Å². The minimum Gasteiger partial charge on any atom is -0.458 e. The molecule has 178 valence electrons. The van der Waals surface area contributed by atoms with Crippen molar-refractivity contribution >= 4 is 22.9 Å². The number of carbonyl (C=O) groups excluding carboxylic acids is 1. The number of cyclic esters (lactones) is 1. The molecule has 2 aromatic carbocycles. The van der Waals surface area contributed by atoms with E-state index in [-0.39, 0.29) is 18.2 Å². The lowest BCUT2D eigenvalue weighted by Crippen LogP contribution is -2.31. The van der Waals surface area contributed by atoms with E-state index in [1.54, 1.807) is 22.9 Å². The van der Waals surface area contributed by atoms with Gasteiger partial charge in [0.05, 0.1) is 29.4 Å². The Balaban J connectivity index is 1.68. The van der Waals surface area contributed by atoms with Crippen molar-refractivity contribution < 1.29 is 19.0 Å². The van der Waals surface area contributed by atoms with Gasteiger partial charge in [0.15, 0.2) is 5.82 Å². The monoisotopic (exact) mass is 471 g/mol. The highest BCUT2D eigenvalue weighted by atomic mass is 19.1. The molecule has 1 fully saturated rings. The number of hydrogen-bond donors (Lipinski definition) is 1. The summed E-state index contributed by atoms with van der Waals surface area (Å²) in [6.07, 6.45) is 2.76. The van der Waals surface area contributed by atoms with E-state index >= 15 is 0 Å². The number of ether oxygens (including phenoxy) is 1. The molecule has 2 aromatic heterocycles. The van der Waals surface area contributed by atoms with Gasteiger partial charge in [0.2, 0.25) is 0 Å². The number of para-hydroxylation sites is 1. The van der Waals surface area contributed by atoms with Crippen molar-refractivity contribution in [1.29, 1.82) is 0 Å². The van der Waals surface area contributed by atoms with E-state index in [0.29, 0.717) is 12.2 Å². The lowest BCUT2D eigenvalue weighted by molar-refractivity contribution is -0.156. The molecule has 1 saturated heterocycles. The van der Waals surface area contributed by atoms with Crippen LogP contribution in [-0.4, -0.2) is 38.0 Å². The van der Waals surface area contributed by atoms with Crippen LogP contribution in [0.2, 0.25) is 0 Å². The van der Waals surface area contributed by atoms with Gasteiger partial charge >= 0.3 is 5.97 Å². The summed E-state index contributed by atoms with van der Waals surface area (Å²) in [6, 6.07) is 18.1. The molecule has 1 aliphatic heterocycles. The van der Waals surface area contributed by atoms with E-state index in [0.717, 1.165) is 33.4 Å². The maximum Gasteiger partial charge on any atom is 0.309 e. The molecule has 3 heterocycles. The fourth-order valence-electron chi connectivity index (χ4n) is 4.39. The number of halogens is 1. The quantitative estimate of drug-likeness (QED) is 0.393. The second-order valence-corrected chi connectivity index (χ2v) is 9.06. The second-order valence-electron chi connectivity index (χ2n) is 9.06. The van der Waals surface area contributed by atoms with Crippen molar-refractivity contribution in [2.24, 2.45) is 0 Å². The van der Waals surface area contributed by atoms with Crippen LogP contribution >= 0.6 is 0 Å². The standard InChI is InChI=1S/C28H26FN3O3/c1-17(2)27-23(13-12-22-15-21(33)16-26(34)35-22)28(19-7-10-20(29)11-8-19)32(31-27)25-14-9-18-5-3-4-6-24(18)30-25/h3-14,17,21-22,33H,15-16H2,1-2H3/b13-12+/t21-,22-/m1/s1. The minimum absolute atomic E-state index is 0.00792. The Kier molecular flexibility index (Phi) is 6.17. The molecule has 0 saturated carbocycles. The summed E-state index contributed by atoms with van der Waals surface area (Å²) < 4.78 is 21.0. The van der Waals surface area contributed by atoms with E-state index in [9.17, 15) is 14.3 Å². The molecule has 0 radical (unpaired) electrons. The van der Waals surface area contributed by atoms with Crippen molar-refractivity contribution in [3.63, 3.8) is 0 Å². The van der Waals surface area contributed by atoms with Crippen LogP contribution < -0.4 is 0 Å². The van der Waals surface area contributed by atoms with Gasteiger partial charge in [-0.2, -0.15) is 5.10 Å². The second kappa shape index (κ2) is 9.43. The molecule has 5 rings (SSSR count). The van der Waals surface area contributed by atoms with Gasteiger partial charge in [-0.1, -0.05) is 38.1 Å². The molecule has 1 N–H and O–H groups in total. The third-order valence-corrected chi connectivity index (χ3v) is 6.08. The van der Waals surface area contributed by atoms with Crippen LogP contribution in [-0.2, 0) is 9.53 Å². The van der Waals surface area contributed by atoms with E-state index in [1.165, 1.54) is 12.1 Å². The summed E-state index contributed by atoms with van der Waals surface area (Å²) in [5.41, 5.74) is 4.05. The average Bonchev–Trinajstić information content (AvgIpc) is 3.22. The van der Waals surface area contributed by atoms with Crippen LogP contribution in [0.25, 0.3) is 34.1 Å². The average molecular weight is 472 g/mol. The maximum atomic E-state index is 13.8. The largest absolute Gasteiger partial charge is 0.458 e. The third kappa shape index (κ3) is 4.72. The highest BCUT2D eigenvalue weighted by Crippen LogP contribution is 2.34. The maximum absolute atomic E-state index is 13.8. The Morgan fingerprint density at radius 1 is 1.11 bits per heavy atom. The van der Waals surface area contributed by atoms with Gasteiger partial charge in [0.1, 0.15) is 11.9 Å². The molecule has 0 bridgehead atoms. The summed E-state index contributed by atoms with van der Waals surface area (Å²) in [5, 5.41) is 15.9. The van der Waals surface area contributed by atoms with Crippen LogP contribution in [0.4, 0.5) is 4.39 Å². The molecule has 35 heavy (non-hydrogen) atoms. The first kappa shape index (κ1) is 22.9. The van der Waals surface area contributed by atoms with E-state index in [1.807, 2.05) is 42.5 Å². The predicted molar refractivity (Wildman–Crippen MR) is 133 cm³/mol. The fraction of sp³-hybridized carbons (Fsp3) is 0.250. The Morgan fingerprint density at radius 2 is 1.89 bits per heavy atom. The molecular formula is C28H26FN3O3. The van der Waals surface area contributed by atoms with Crippen molar-refractivity contribution in [3.05, 3.63) is 83.8 Å². The van der Waals surface area contributed by atoms with Crippen LogP contribution in [0, 0.1) is 5.82 Å². The lowest BCUT2D eigenvalue weighted by atomic mass is 9.98. The van der Waals surface area contributed by atoms with Crippen molar-refractivity contribution in [2.45, 2.75) is 44.8 Å². The Morgan fingerprint density at radius 3 is 2.63 bits per heavy atom. The smallest absolute Gasteiger partial charge is 0.309 e. The predicted octanol–water partition coefficient (Wildman–Crippen LogP) is 5.43. The molecule has 1 aliphatic rings. The zero-order valence-electron chi connectivity index (χ0n) is 19.6. The highest BCUT2D eigenvalue weighted by molar-refractivity contribution is 5.80. The first-order valence-electron chi connectivity index (χ1n) is 11.7. The van der Waals surface area contributed by atoms with Crippen molar-refractivity contribution in [1.82, 2.24) is 14.8 Å². The highest BCUT2D eigenvalue weighted by Gasteiger charge is 2.26. The molecular weight excluding hydrogens is 445 g/mol. The van der Waals surface area contributed by atoms with Gasteiger partial charge in [0.25, 0.3) is 0 Å². The summed E-state index contributed by atoms with van der Waals surface area (Å²) in [7, 11) is 0. The first-order valence-corrected chi connectivity index (χ1v) is 11.7. The van der Waals surface area contributed by atoms with Crippen LogP contribution in [0.15, 0.2) is 66.7 Å². The van der Waals surface area contributed by atoms with Crippen LogP contribution in [0.3, 0.4) is 0 Å². The van der Waals surface area contributed by atoms with E-state index < -0.39 is 18.2 Å². The molecule has 0 unspecified atom stereocenters. The SMILES string of the molecule is CC(C)c1nn(-c2ccc3ccccc3n2)c(-c2ccc(F)cc2)c1/C=C/[C@@H]1C[C@@H](O)CC(=O)O1. The first-order chi connectivity index (χ1) is 16.9. The van der Waals surface area contributed by atoms with Crippen molar-refractivity contribution in [3.8, 4) is 17.1 Å². The van der Waals surface area contributed by atoms with Gasteiger partial charge in [0, 0.05) is 22.9 Å². The molecule has 4 aromatic rings. The van der Waals surface area contributed by atoms with Gasteiger partial charge < -0.3 is 9.84 Å². The van der Waals surface area contributed by atoms with Gasteiger partial charge in [-0.15, -0.1) is 0 Å². The molecule has 6 nitrogen and oxygen atoms in total. The number of benzene rings is 2. The number of rotatable bonds is 5. The Hall–Kier alpha value is -3.84. The number of aliphatic hydroxyl groups is 1. The summed E-state index contributed by atoms with van der Waals surface area (Å²) in [5.74, 6) is -0.0237. The number of aromatic nitrogens is 3. The lowest BCUT2D eigenvalue weighted by Gasteiger charge is -2.23. The molecule has 0 spiro atoms. The van der Waals surface area contributed by atoms with Crippen LogP contribution in [0.5, 0.6) is 0 Å². The number of hydrogen-bond acceptors (Lipinski definition) is 5. The van der Waals surface area contributed by atoms with Gasteiger partial charge in [-0.25, -0.2) is 14.1 Å². The van der Waals surface area contributed by atoms with Crippen LogP contribution in [0.1, 0.15) is 43.9 Å². The Bertz CT molecular complexity index is 1410. The normalized spacial score (nSPS) is 18.5. The topological polar surface area (TPSA) is 77.2 Å². The number of fused-ring (bicyclic) bond motifs is 1. The summed E-state index contributed by atoms with van der Waals surface area (Å²) in [6.45, 7) is 4.10. The molecule has 2 atom stereocenters. The molecule has 7 heteroatoms. The number of carbonyl (C=O) groups is 1. The summed E-state index contributed by atoms with van der Waals surface area (Å²) >= 11 is 0. The summed E-state index contributed by atoms with van der Waals surface area (Å²) in [4.78, 5) is 16.6. The number of pyridine rings is 1. The van der Waals surface area contributed by atoms with Gasteiger partial charge in [-0.3, -0.25) is 4.79 Å². The van der Waals surface area contributed by atoms with E-state index in [2.05, 4.69) is 13.8 Å². The minimum atomic E-state index is -0.725.